The van der Waals surface area contributed by atoms with Crippen molar-refractivity contribution in [2.24, 2.45) is 0 Å². The van der Waals surface area contributed by atoms with Gasteiger partial charge in [-0.05, 0) is 47.4 Å². The van der Waals surface area contributed by atoms with Gasteiger partial charge in [0.05, 0.1) is 40.9 Å². The summed E-state index contributed by atoms with van der Waals surface area (Å²) < 4.78 is 21.6. The topological polar surface area (TPSA) is 57.2 Å². The molecule has 2 aromatic rings. The number of methoxy groups -OCH3 is 4. The molecule has 1 amide bonds. The number of benzene rings is 2. The Labute approximate surface area is 159 Å². The Morgan fingerprint density at radius 3 is 2.11 bits per heavy atom. The van der Waals surface area contributed by atoms with Gasteiger partial charge in [0.15, 0.2) is 23.0 Å². The molecule has 0 aromatic heterocycles. The fraction of sp³-hybridized carbons (Fsp3) is 0.381. The van der Waals surface area contributed by atoms with Gasteiger partial charge in [0.2, 0.25) is 5.91 Å². The minimum Gasteiger partial charge on any atom is -0.493 e. The predicted molar refractivity (Wildman–Crippen MR) is 102 cm³/mol. The van der Waals surface area contributed by atoms with Crippen LogP contribution in [0.2, 0.25) is 0 Å². The average molecular weight is 371 g/mol. The Kier molecular flexibility index (Phi) is 5.44. The molecule has 27 heavy (non-hydrogen) atoms. The molecule has 1 heterocycles. The van der Waals surface area contributed by atoms with E-state index in [9.17, 15) is 4.79 Å². The van der Waals surface area contributed by atoms with Crippen molar-refractivity contribution in [2.45, 2.75) is 18.9 Å². The number of hydrogen-bond donors (Lipinski definition) is 0. The highest BCUT2D eigenvalue weighted by atomic mass is 16.5. The highest BCUT2D eigenvalue weighted by Gasteiger charge is 2.31. The molecule has 3 rings (SSSR count). The maximum Gasteiger partial charge on any atom is 0.227 e. The number of carbonyl (C=O) groups is 1. The van der Waals surface area contributed by atoms with Gasteiger partial charge in [-0.3, -0.25) is 4.79 Å². The third-order valence-electron chi connectivity index (χ3n) is 5.08. The number of nitrogens with zero attached hydrogens (tertiary/aromatic N) is 1. The second-order valence-electron chi connectivity index (χ2n) is 6.50. The van der Waals surface area contributed by atoms with Gasteiger partial charge in [-0.1, -0.05) is 6.07 Å². The molecule has 1 aliphatic heterocycles. The van der Waals surface area contributed by atoms with Crippen LogP contribution in [0.5, 0.6) is 23.0 Å². The van der Waals surface area contributed by atoms with Gasteiger partial charge < -0.3 is 23.8 Å². The summed E-state index contributed by atoms with van der Waals surface area (Å²) in [7, 11) is 8.28. The fourth-order valence-corrected chi connectivity index (χ4v) is 3.55. The first kappa shape index (κ1) is 18.9. The molecule has 6 nitrogen and oxygen atoms in total. The summed E-state index contributed by atoms with van der Waals surface area (Å²) in [6.45, 7) is 0. The third kappa shape index (κ3) is 3.52. The number of ether oxygens (including phenoxy) is 4. The maximum atomic E-state index is 12.5. The SMILES string of the molecule is COc1ccc(CC2c3cc(OC)c(OC)cc3CC(=O)N2C)cc1OC. The van der Waals surface area contributed by atoms with Crippen molar-refractivity contribution in [3.8, 4) is 23.0 Å². The van der Waals surface area contributed by atoms with Crippen LogP contribution in [0.4, 0.5) is 0 Å². The Hall–Kier alpha value is -2.89. The molecule has 0 radical (unpaired) electrons. The summed E-state index contributed by atoms with van der Waals surface area (Å²) in [5.41, 5.74) is 3.10. The molecule has 6 heteroatoms. The fourth-order valence-electron chi connectivity index (χ4n) is 3.55. The normalized spacial score (nSPS) is 16.0. The predicted octanol–water partition coefficient (Wildman–Crippen LogP) is 3.02. The van der Waals surface area contributed by atoms with Crippen molar-refractivity contribution in [1.82, 2.24) is 4.90 Å². The van der Waals surface area contributed by atoms with Crippen molar-refractivity contribution >= 4 is 5.91 Å². The zero-order valence-electron chi connectivity index (χ0n) is 16.4. The van der Waals surface area contributed by atoms with Gasteiger partial charge in [-0.2, -0.15) is 0 Å². The molecular formula is C21H25NO5. The van der Waals surface area contributed by atoms with E-state index in [4.69, 9.17) is 18.9 Å². The Balaban J connectivity index is 2.01. The van der Waals surface area contributed by atoms with Gasteiger partial charge in [0.25, 0.3) is 0 Å². The molecule has 0 fully saturated rings. The smallest absolute Gasteiger partial charge is 0.227 e. The van der Waals surface area contributed by atoms with Gasteiger partial charge in [-0.15, -0.1) is 0 Å². The van der Waals surface area contributed by atoms with Crippen molar-refractivity contribution < 1.29 is 23.7 Å². The van der Waals surface area contributed by atoms with Crippen LogP contribution < -0.4 is 18.9 Å². The van der Waals surface area contributed by atoms with E-state index in [1.807, 2.05) is 37.4 Å². The van der Waals surface area contributed by atoms with E-state index >= 15 is 0 Å². The second-order valence-corrected chi connectivity index (χ2v) is 6.50. The lowest BCUT2D eigenvalue weighted by molar-refractivity contribution is -0.132. The van der Waals surface area contributed by atoms with Crippen LogP contribution in [0.1, 0.15) is 22.7 Å². The van der Waals surface area contributed by atoms with Crippen molar-refractivity contribution in [3.05, 3.63) is 47.0 Å². The van der Waals surface area contributed by atoms with Crippen LogP contribution in [0.3, 0.4) is 0 Å². The van der Waals surface area contributed by atoms with Gasteiger partial charge in [0, 0.05) is 7.05 Å². The standard InChI is InChI=1S/C21H25NO5/c1-22-16(8-13-6-7-17(24-2)18(9-13)25-3)15-12-20(27-5)19(26-4)10-14(15)11-21(22)23/h6-7,9-10,12,16H,8,11H2,1-5H3. The van der Waals surface area contributed by atoms with Crippen LogP contribution >= 0.6 is 0 Å². The molecular weight excluding hydrogens is 346 g/mol. The largest absolute Gasteiger partial charge is 0.493 e. The molecule has 0 spiro atoms. The van der Waals surface area contributed by atoms with Gasteiger partial charge in [-0.25, -0.2) is 0 Å². The third-order valence-corrected chi connectivity index (χ3v) is 5.08. The molecule has 2 aromatic carbocycles. The zero-order valence-corrected chi connectivity index (χ0v) is 16.4. The molecule has 0 aliphatic carbocycles. The summed E-state index contributed by atoms with van der Waals surface area (Å²) >= 11 is 0. The van der Waals surface area contributed by atoms with E-state index in [1.54, 1.807) is 33.3 Å². The molecule has 0 saturated heterocycles. The number of carbonyl (C=O) groups excluding carboxylic acids is 1. The van der Waals surface area contributed by atoms with Crippen LogP contribution in [0.15, 0.2) is 30.3 Å². The van der Waals surface area contributed by atoms with E-state index in [1.165, 1.54) is 0 Å². The van der Waals surface area contributed by atoms with E-state index in [0.717, 1.165) is 16.7 Å². The Bertz CT molecular complexity index is 849. The molecule has 1 aliphatic rings. The molecule has 1 unspecified atom stereocenters. The quantitative estimate of drug-likeness (QED) is 0.781. The van der Waals surface area contributed by atoms with E-state index in [0.29, 0.717) is 35.8 Å². The Morgan fingerprint density at radius 2 is 1.48 bits per heavy atom. The summed E-state index contributed by atoms with van der Waals surface area (Å²) in [6.07, 6.45) is 1.01. The average Bonchev–Trinajstić information content (AvgIpc) is 2.70. The number of rotatable bonds is 6. The molecule has 144 valence electrons. The summed E-state index contributed by atoms with van der Waals surface area (Å²) in [4.78, 5) is 14.3. The first-order valence-corrected chi connectivity index (χ1v) is 8.73. The molecule has 0 saturated carbocycles. The highest BCUT2D eigenvalue weighted by molar-refractivity contribution is 5.82. The number of likely N-dealkylation sites (N-methyl/N-ethyl adjacent to an activating group) is 1. The van der Waals surface area contributed by atoms with Crippen molar-refractivity contribution in [3.63, 3.8) is 0 Å². The van der Waals surface area contributed by atoms with Crippen molar-refractivity contribution in [1.29, 1.82) is 0 Å². The van der Waals surface area contributed by atoms with Crippen LogP contribution in [0, 0.1) is 0 Å². The van der Waals surface area contributed by atoms with Crippen LogP contribution in [-0.4, -0.2) is 46.3 Å². The number of fused-ring (bicyclic) bond motifs is 1. The maximum absolute atomic E-state index is 12.5. The number of amides is 1. The first-order chi connectivity index (χ1) is 13.0. The zero-order chi connectivity index (χ0) is 19.6. The molecule has 0 N–H and O–H groups in total. The summed E-state index contributed by atoms with van der Waals surface area (Å²) in [5, 5.41) is 0. The molecule has 1 atom stereocenters. The van der Waals surface area contributed by atoms with E-state index in [-0.39, 0.29) is 11.9 Å². The van der Waals surface area contributed by atoms with Crippen LogP contribution in [-0.2, 0) is 17.6 Å². The number of hydrogen-bond acceptors (Lipinski definition) is 5. The summed E-state index contributed by atoms with van der Waals surface area (Å²) in [6, 6.07) is 9.61. The van der Waals surface area contributed by atoms with Gasteiger partial charge in [0.1, 0.15) is 0 Å². The second kappa shape index (κ2) is 7.78. The lowest BCUT2D eigenvalue weighted by atomic mass is 9.88. The lowest BCUT2D eigenvalue weighted by Crippen LogP contribution is -2.38. The highest BCUT2D eigenvalue weighted by Crippen LogP contribution is 2.40. The van der Waals surface area contributed by atoms with Crippen molar-refractivity contribution in [2.75, 3.05) is 35.5 Å². The van der Waals surface area contributed by atoms with Crippen LogP contribution in [0.25, 0.3) is 0 Å². The summed E-state index contributed by atoms with van der Waals surface area (Å²) in [5.74, 6) is 2.74. The van der Waals surface area contributed by atoms with Gasteiger partial charge >= 0.3 is 0 Å². The van der Waals surface area contributed by atoms with E-state index in [2.05, 4.69) is 0 Å². The first-order valence-electron chi connectivity index (χ1n) is 8.73. The van der Waals surface area contributed by atoms with E-state index < -0.39 is 0 Å². The Morgan fingerprint density at radius 1 is 0.889 bits per heavy atom. The minimum absolute atomic E-state index is 0.0835. The molecule has 0 bridgehead atoms. The lowest BCUT2D eigenvalue weighted by Gasteiger charge is -2.35. The monoisotopic (exact) mass is 371 g/mol. The minimum atomic E-state index is -0.0980.